The molecule has 4 heterocycles. The number of esters is 1. The maximum atomic E-state index is 14.6. The van der Waals surface area contributed by atoms with E-state index in [9.17, 15) is 24.3 Å². The summed E-state index contributed by atoms with van der Waals surface area (Å²) in [6.45, 7) is 14.3. The Morgan fingerprint density at radius 2 is 1.79 bits per heavy atom. The highest BCUT2D eigenvalue weighted by atomic mass is 32.2. The van der Waals surface area contributed by atoms with Crippen molar-refractivity contribution in [2.24, 2.45) is 23.7 Å². The molecule has 0 saturated carbocycles. The van der Waals surface area contributed by atoms with E-state index in [4.69, 9.17) is 23.7 Å². The molecule has 294 valence electrons. The molecule has 13 atom stereocenters. The van der Waals surface area contributed by atoms with Crippen LogP contribution in [0.4, 0.5) is 4.79 Å². The van der Waals surface area contributed by atoms with Crippen LogP contribution in [0.1, 0.15) is 81.1 Å². The first-order valence-electron chi connectivity index (χ1n) is 18.4. The number of amides is 1. The number of nitrogens with zero attached hydrogens (tertiary/aromatic N) is 3. The monoisotopic (exact) mass is 769 g/mol. The fraction of sp³-hybridized carbons (Fsp3) is 0.811. The predicted octanol–water partition coefficient (Wildman–Crippen LogP) is 4.83. The quantitative estimate of drug-likeness (QED) is 0.150. The fourth-order valence-corrected chi connectivity index (χ4v) is 10.0. The van der Waals surface area contributed by atoms with E-state index in [1.165, 1.54) is 14.0 Å². The largest absolute Gasteiger partial charge is 0.458 e. The number of rotatable bonds is 10. The Hall–Kier alpha value is -2.14. The number of hydrogen-bond acceptors (Lipinski definition) is 14. The molecule has 0 radical (unpaired) electrons. The molecule has 3 aliphatic rings. The van der Waals surface area contributed by atoms with E-state index >= 15 is 0 Å². The van der Waals surface area contributed by atoms with Gasteiger partial charge in [-0.1, -0.05) is 39.5 Å². The van der Waals surface area contributed by atoms with Crippen LogP contribution in [0.3, 0.4) is 0 Å². The van der Waals surface area contributed by atoms with Gasteiger partial charge in [0, 0.05) is 54.8 Å². The molecule has 1 N–H and O–H groups in total. The topological polar surface area (TPSA) is 154 Å². The first-order chi connectivity index (χ1) is 24.4. The van der Waals surface area contributed by atoms with Gasteiger partial charge in [-0.25, -0.2) is 9.78 Å². The van der Waals surface area contributed by atoms with Gasteiger partial charge in [0.2, 0.25) is 0 Å². The molecule has 13 nitrogen and oxygen atoms in total. The second kappa shape index (κ2) is 17.5. The van der Waals surface area contributed by atoms with Gasteiger partial charge >= 0.3 is 12.1 Å². The van der Waals surface area contributed by atoms with Crippen molar-refractivity contribution in [1.29, 1.82) is 0 Å². The van der Waals surface area contributed by atoms with Gasteiger partial charge in [-0.2, -0.15) is 0 Å². The highest BCUT2D eigenvalue weighted by Crippen LogP contribution is 2.43. The summed E-state index contributed by atoms with van der Waals surface area (Å²) in [4.78, 5) is 64.1. The normalized spacial score (nSPS) is 39.6. The summed E-state index contributed by atoms with van der Waals surface area (Å²) < 4.78 is 32.0. The van der Waals surface area contributed by atoms with Crippen molar-refractivity contribution in [1.82, 2.24) is 14.8 Å². The Balaban J connectivity index is 1.72. The van der Waals surface area contributed by atoms with E-state index in [2.05, 4.69) is 4.98 Å². The number of methoxy groups -OCH3 is 1. The molecule has 3 fully saturated rings. The lowest BCUT2D eigenvalue weighted by molar-refractivity contribution is -0.295. The van der Waals surface area contributed by atoms with Crippen LogP contribution in [0.2, 0.25) is 0 Å². The minimum absolute atomic E-state index is 0.139. The van der Waals surface area contributed by atoms with Gasteiger partial charge in [-0.05, 0) is 67.5 Å². The number of aliphatic hydroxyl groups excluding tert-OH is 1. The fourth-order valence-electron chi connectivity index (χ4n) is 8.39. The molecule has 0 aromatic carbocycles. The number of Topliss-reactive ketones (excluding diaryl/α,β-unsaturated/α-hetero) is 2. The molecule has 1 amide bonds. The summed E-state index contributed by atoms with van der Waals surface area (Å²) in [5.41, 5.74) is -2.62. The van der Waals surface area contributed by atoms with E-state index < -0.39 is 83.4 Å². The number of aromatic nitrogens is 1. The maximum Gasteiger partial charge on any atom is 0.410 e. The van der Waals surface area contributed by atoms with Crippen molar-refractivity contribution < 1.29 is 48.0 Å². The van der Waals surface area contributed by atoms with Crippen LogP contribution >= 0.6 is 23.1 Å². The van der Waals surface area contributed by atoms with Gasteiger partial charge in [0.25, 0.3) is 0 Å². The van der Waals surface area contributed by atoms with Gasteiger partial charge in [-0.15, -0.1) is 11.3 Å². The Kier molecular flexibility index (Phi) is 14.4. The SMILES string of the molecule is CC[C@H]1OC(=O)[C@H](C)C(=O)[C@H](C)[C@@H](O[C@@H]2O[C@H](C)C[C@H](N(C)C)[C@H]2O)[C@](C)(OC)C[C@@H](C)C(=O)[C@H](C)[C@H]2N(CCCSc3nccs3)C(=O)O[C@]12C. The van der Waals surface area contributed by atoms with Crippen LogP contribution < -0.4 is 0 Å². The van der Waals surface area contributed by atoms with Crippen molar-refractivity contribution in [2.45, 2.75) is 139 Å². The number of cyclic esters (lactones) is 1. The average molecular weight is 770 g/mol. The van der Waals surface area contributed by atoms with Gasteiger partial charge in [0.15, 0.2) is 17.7 Å². The number of fused-ring (bicyclic) bond motifs is 1. The second-order valence-electron chi connectivity index (χ2n) is 15.4. The van der Waals surface area contributed by atoms with Crippen LogP contribution in [0, 0.1) is 23.7 Å². The molecular formula is C37H59N3O10S2. The number of thiazole rings is 1. The Morgan fingerprint density at radius 1 is 1.10 bits per heavy atom. The van der Waals surface area contributed by atoms with Crippen molar-refractivity contribution >= 4 is 46.7 Å². The van der Waals surface area contributed by atoms with Gasteiger partial charge in [-0.3, -0.25) is 14.4 Å². The number of hydrogen-bond donors (Lipinski definition) is 1. The summed E-state index contributed by atoms with van der Waals surface area (Å²) in [6, 6.07) is -1.03. The number of likely N-dealkylation sites (N-methyl/N-ethyl adjacent to an activating group) is 1. The van der Waals surface area contributed by atoms with Crippen molar-refractivity contribution in [2.75, 3.05) is 33.5 Å². The van der Waals surface area contributed by atoms with Gasteiger partial charge < -0.3 is 38.6 Å². The van der Waals surface area contributed by atoms with Crippen LogP contribution in [0.25, 0.3) is 0 Å². The van der Waals surface area contributed by atoms with Gasteiger partial charge in [0.1, 0.15) is 28.2 Å². The third-order valence-electron chi connectivity index (χ3n) is 11.3. The van der Waals surface area contributed by atoms with E-state index in [1.54, 1.807) is 61.9 Å². The minimum Gasteiger partial charge on any atom is -0.458 e. The van der Waals surface area contributed by atoms with Crippen molar-refractivity contribution in [3.05, 3.63) is 11.6 Å². The molecule has 0 spiro atoms. The maximum absolute atomic E-state index is 14.6. The van der Waals surface area contributed by atoms with Crippen LogP contribution in [-0.2, 0) is 38.1 Å². The molecule has 0 unspecified atom stereocenters. The summed E-state index contributed by atoms with van der Waals surface area (Å²) in [7, 11) is 5.24. The molecule has 3 saturated heterocycles. The zero-order chi connectivity index (χ0) is 38.7. The number of ether oxygens (including phenoxy) is 5. The predicted molar refractivity (Wildman–Crippen MR) is 197 cm³/mol. The minimum atomic E-state index is -1.37. The lowest BCUT2D eigenvalue weighted by Crippen LogP contribution is -2.60. The number of ketones is 2. The summed E-state index contributed by atoms with van der Waals surface area (Å²) >= 11 is 3.14. The number of aliphatic hydroxyl groups is 1. The molecule has 15 heteroatoms. The van der Waals surface area contributed by atoms with Gasteiger partial charge in [0.05, 0.1) is 23.9 Å². The summed E-state index contributed by atoms with van der Waals surface area (Å²) in [6.07, 6.45) is -1.58. The highest BCUT2D eigenvalue weighted by molar-refractivity contribution is 8.00. The van der Waals surface area contributed by atoms with E-state index in [0.717, 1.165) is 4.34 Å². The van der Waals surface area contributed by atoms with Crippen LogP contribution in [0.15, 0.2) is 15.9 Å². The molecule has 52 heavy (non-hydrogen) atoms. The van der Waals surface area contributed by atoms with E-state index in [1.807, 2.05) is 45.1 Å². The summed E-state index contributed by atoms with van der Waals surface area (Å²) in [5, 5.41) is 13.3. The Morgan fingerprint density at radius 3 is 2.38 bits per heavy atom. The molecule has 1 aromatic heterocycles. The standard InChI is InChI=1S/C37H59N3O10S2/c1-12-26-37(8)30(40(35(45)50-37)15-13-16-51-34-38-14-17-52-34)22(4)27(41)20(2)19-36(7,46-11)31(23(5)28(42)24(6)32(44)48-26)49-33-29(43)25(39(9)10)18-21(3)47-33/h14,17,20-26,29-31,33,43H,12-13,15-16,18-19H2,1-11H3/t20-,21-,22+,23+,24-,25+,26-,29-,30-,31-,33+,36-,37-/m1/s1. The molecule has 0 bridgehead atoms. The zero-order valence-electron chi connectivity index (χ0n) is 32.5. The Bertz CT molecular complexity index is 1400. The Labute approximate surface area is 316 Å². The summed E-state index contributed by atoms with van der Waals surface area (Å²) in [5.74, 6) is -4.16. The molecule has 0 aliphatic carbocycles. The third-order valence-corrected chi connectivity index (χ3v) is 13.4. The average Bonchev–Trinajstić information content (AvgIpc) is 3.71. The number of carbonyl (C=O) groups is 4. The molecular weight excluding hydrogens is 711 g/mol. The van der Waals surface area contributed by atoms with Crippen LogP contribution in [-0.4, -0.2) is 131 Å². The van der Waals surface area contributed by atoms with E-state index in [-0.39, 0.29) is 30.8 Å². The number of thioether (sulfide) groups is 1. The third kappa shape index (κ3) is 8.87. The van der Waals surface area contributed by atoms with Crippen LogP contribution in [0.5, 0.6) is 0 Å². The van der Waals surface area contributed by atoms with Crippen molar-refractivity contribution in [3.8, 4) is 0 Å². The smallest absolute Gasteiger partial charge is 0.410 e. The van der Waals surface area contributed by atoms with E-state index in [0.29, 0.717) is 25.1 Å². The van der Waals surface area contributed by atoms with Crippen molar-refractivity contribution in [3.63, 3.8) is 0 Å². The lowest BCUT2D eigenvalue weighted by atomic mass is 9.73. The lowest BCUT2D eigenvalue weighted by Gasteiger charge is -2.47. The molecule has 4 rings (SSSR count). The zero-order valence-corrected chi connectivity index (χ0v) is 34.2. The highest BCUT2D eigenvalue weighted by Gasteiger charge is 2.60. The first kappa shape index (κ1) is 42.6. The molecule has 3 aliphatic heterocycles. The second-order valence-corrected chi connectivity index (χ2v) is 17.6. The first-order valence-corrected chi connectivity index (χ1v) is 20.3. The number of carbonyl (C=O) groups excluding carboxylic acids is 4. The molecule has 1 aromatic rings.